The topological polar surface area (TPSA) is 28.7 Å². The van der Waals surface area contributed by atoms with Gasteiger partial charge in [-0.2, -0.15) is 0 Å². The molecule has 2 heterocycles. The summed E-state index contributed by atoms with van der Waals surface area (Å²) in [5, 5.41) is 2.36. The van der Waals surface area contributed by atoms with E-state index in [1.54, 1.807) is 6.20 Å². The van der Waals surface area contributed by atoms with Crippen LogP contribution in [0.5, 0.6) is 0 Å². The molecule has 0 fully saturated rings. The smallest absolute Gasteiger partial charge is 0.0495 e. The molecule has 0 radical (unpaired) electrons. The number of nitrogens with zero attached hydrogens (tertiary/aromatic N) is 1. The highest BCUT2D eigenvalue weighted by Crippen LogP contribution is 2.25. The molecule has 3 aromatic rings. The zero-order valence-electron chi connectivity index (χ0n) is 7.36. The van der Waals surface area contributed by atoms with Gasteiger partial charge in [-0.05, 0) is 18.2 Å². The Hall–Kier alpha value is -1.48. The molecule has 0 saturated carbocycles. The molecule has 0 bridgehead atoms. The van der Waals surface area contributed by atoms with Crippen LogP contribution in [-0.4, -0.2) is 9.97 Å². The number of aromatic amines is 1. The number of H-pyrrole nitrogens is 1. The minimum Gasteiger partial charge on any atom is -0.354 e. The standard InChI is InChI=1S/C11H8N2S/c14-7-1-2-8-9-6-12-4-3-10(9)13-11(8)5-7/h1-6,13-14H. The van der Waals surface area contributed by atoms with E-state index in [-0.39, 0.29) is 0 Å². The molecule has 2 nitrogen and oxygen atoms in total. The zero-order valence-corrected chi connectivity index (χ0v) is 8.25. The summed E-state index contributed by atoms with van der Waals surface area (Å²) in [5.74, 6) is 0. The Labute approximate surface area is 86.4 Å². The molecule has 0 amide bonds. The maximum absolute atomic E-state index is 4.31. The molecule has 3 rings (SSSR count). The fourth-order valence-corrected chi connectivity index (χ4v) is 1.94. The summed E-state index contributed by atoms with van der Waals surface area (Å²) < 4.78 is 0. The fourth-order valence-electron chi connectivity index (χ4n) is 1.73. The first-order valence-electron chi connectivity index (χ1n) is 4.39. The number of rotatable bonds is 0. The van der Waals surface area contributed by atoms with Crippen LogP contribution in [0.2, 0.25) is 0 Å². The van der Waals surface area contributed by atoms with Gasteiger partial charge in [-0.15, -0.1) is 12.6 Å². The molecule has 2 aromatic heterocycles. The van der Waals surface area contributed by atoms with Crippen molar-refractivity contribution in [3.63, 3.8) is 0 Å². The van der Waals surface area contributed by atoms with Gasteiger partial charge in [0.05, 0.1) is 0 Å². The Morgan fingerprint density at radius 2 is 2.00 bits per heavy atom. The molecule has 0 aliphatic heterocycles. The molecule has 0 saturated heterocycles. The Morgan fingerprint density at radius 1 is 1.07 bits per heavy atom. The molecule has 1 N–H and O–H groups in total. The van der Waals surface area contributed by atoms with E-state index in [0.29, 0.717) is 0 Å². The summed E-state index contributed by atoms with van der Waals surface area (Å²) in [6, 6.07) is 8.07. The van der Waals surface area contributed by atoms with Crippen molar-refractivity contribution in [2.75, 3.05) is 0 Å². The van der Waals surface area contributed by atoms with Crippen LogP contribution in [0.4, 0.5) is 0 Å². The van der Waals surface area contributed by atoms with Crippen molar-refractivity contribution in [3.8, 4) is 0 Å². The predicted molar refractivity (Wildman–Crippen MR) is 60.9 cm³/mol. The van der Waals surface area contributed by atoms with E-state index in [4.69, 9.17) is 0 Å². The highest BCUT2D eigenvalue weighted by molar-refractivity contribution is 7.80. The van der Waals surface area contributed by atoms with Gasteiger partial charge in [0.25, 0.3) is 0 Å². The number of hydrogen-bond donors (Lipinski definition) is 2. The van der Waals surface area contributed by atoms with Gasteiger partial charge in [0, 0.05) is 39.1 Å². The van der Waals surface area contributed by atoms with Gasteiger partial charge in [-0.1, -0.05) is 6.07 Å². The molecular weight excluding hydrogens is 192 g/mol. The minimum absolute atomic E-state index is 0.969. The third-order valence-electron chi connectivity index (χ3n) is 2.38. The molecule has 0 unspecified atom stereocenters. The van der Waals surface area contributed by atoms with Gasteiger partial charge in [0.2, 0.25) is 0 Å². The largest absolute Gasteiger partial charge is 0.354 e. The van der Waals surface area contributed by atoms with Gasteiger partial charge in [0.15, 0.2) is 0 Å². The number of hydrogen-bond acceptors (Lipinski definition) is 2. The molecule has 0 aliphatic rings. The monoisotopic (exact) mass is 200 g/mol. The summed E-state index contributed by atoms with van der Waals surface area (Å²) in [6.45, 7) is 0. The number of aromatic nitrogens is 2. The number of fused-ring (bicyclic) bond motifs is 3. The Bertz CT molecular complexity index is 613. The first-order chi connectivity index (χ1) is 6.84. The average Bonchev–Trinajstić information content (AvgIpc) is 2.54. The van der Waals surface area contributed by atoms with Gasteiger partial charge in [-0.3, -0.25) is 4.98 Å². The Kier molecular flexibility index (Phi) is 1.55. The Balaban J connectivity index is 2.57. The van der Waals surface area contributed by atoms with Gasteiger partial charge in [0.1, 0.15) is 0 Å². The molecule has 1 aromatic carbocycles. The summed E-state index contributed by atoms with van der Waals surface area (Å²) in [5.41, 5.74) is 2.23. The van der Waals surface area contributed by atoms with E-state index in [9.17, 15) is 0 Å². The van der Waals surface area contributed by atoms with Crippen molar-refractivity contribution in [1.82, 2.24) is 9.97 Å². The highest BCUT2D eigenvalue weighted by atomic mass is 32.1. The van der Waals surface area contributed by atoms with E-state index >= 15 is 0 Å². The van der Waals surface area contributed by atoms with E-state index in [1.165, 1.54) is 5.39 Å². The zero-order chi connectivity index (χ0) is 9.54. The lowest BCUT2D eigenvalue weighted by molar-refractivity contribution is 1.36. The van der Waals surface area contributed by atoms with Crippen LogP contribution in [0.15, 0.2) is 41.6 Å². The molecule has 14 heavy (non-hydrogen) atoms. The molecule has 0 aliphatic carbocycles. The lowest BCUT2D eigenvalue weighted by Gasteiger charge is -1.91. The third kappa shape index (κ3) is 1.02. The molecule has 3 heteroatoms. The summed E-state index contributed by atoms with van der Waals surface area (Å²) in [6.07, 6.45) is 3.67. The number of nitrogens with one attached hydrogen (secondary N) is 1. The van der Waals surface area contributed by atoms with E-state index < -0.39 is 0 Å². The first-order valence-corrected chi connectivity index (χ1v) is 4.84. The van der Waals surface area contributed by atoms with Crippen LogP contribution in [0.25, 0.3) is 21.8 Å². The second-order valence-corrected chi connectivity index (χ2v) is 3.79. The first kappa shape index (κ1) is 7.88. The van der Waals surface area contributed by atoms with Crippen LogP contribution in [0.3, 0.4) is 0 Å². The van der Waals surface area contributed by atoms with Crippen LogP contribution in [-0.2, 0) is 0 Å². The van der Waals surface area contributed by atoms with E-state index in [2.05, 4.69) is 28.7 Å². The van der Waals surface area contributed by atoms with Crippen molar-refractivity contribution in [3.05, 3.63) is 36.7 Å². The molecule has 0 spiro atoms. The summed E-state index contributed by atoms with van der Waals surface area (Å²) >= 11 is 4.31. The maximum Gasteiger partial charge on any atom is 0.0495 e. The van der Waals surface area contributed by atoms with Gasteiger partial charge in [-0.25, -0.2) is 0 Å². The number of thiol groups is 1. The van der Waals surface area contributed by atoms with Crippen LogP contribution >= 0.6 is 12.6 Å². The molecule has 0 atom stereocenters. The van der Waals surface area contributed by atoms with Crippen molar-refractivity contribution < 1.29 is 0 Å². The Morgan fingerprint density at radius 3 is 2.93 bits per heavy atom. The van der Waals surface area contributed by atoms with Gasteiger partial charge < -0.3 is 4.98 Å². The quantitative estimate of drug-likeness (QED) is 0.536. The van der Waals surface area contributed by atoms with Crippen LogP contribution in [0.1, 0.15) is 0 Å². The number of benzene rings is 1. The minimum atomic E-state index is 0.969. The van der Waals surface area contributed by atoms with Crippen molar-refractivity contribution >= 4 is 34.4 Å². The summed E-state index contributed by atoms with van der Waals surface area (Å²) in [7, 11) is 0. The maximum atomic E-state index is 4.31. The molecule has 68 valence electrons. The van der Waals surface area contributed by atoms with Gasteiger partial charge >= 0.3 is 0 Å². The van der Waals surface area contributed by atoms with E-state index in [1.807, 2.05) is 24.4 Å². The normalized spacial score (nSPS) is 11.2. The van der Waals surface area contributed by atoms with Crippen molar-refractivity contribution in [2.45, 2.75) is 4.90 Å². The van der Waals surface area contributed by atoms with Crippen LogP contribution in [0, 0.1) is 0 Å². The third-order valence-corrected chi connectivity index (χ3v) is 2.66. The lowest BCUT2D eigenvalue weighted by Crippen LogP contribution is -1.69. The van der Waals surface area contributed by atoms with Crippen molar-refractivity contribution in [2.24, 2.45) is 0 Å². The highest BCUT2D eigenvalue weighted by Gasteiger charge is 2.02. The van der Waals surface area contributed by atoms with E-state index in [0.717, 1.165) is 21.3 Å². The average molecular weight is 200 g/mol. The fraction of sp³-hybridized carbons (Fsp3) is 0. The second-order valence-electron chi connectivity index (χ2n) is 3.28. The van der Waals surface area contributed by atoms with Crippen LogP contribution < -0.4 is 0 Å². The lowest BCUT2D eigenvalue weighted by atomic mass is 10.2. The SMILES string of the molecule is Sc1ccc2c(c1)[nH]c1ccncc12. The number of pyridine rings is 1. The molecular formula is C11H8N2S. The predicted octanol–water partition coefficient (Wildman–Crippen LogP) is 3.00. The summed E-state index contributed by atoms with van der Waals surface area (Å²) in [4.78, 5) is 8.42. The van der Waals surface area contributed by atoms with Crippen molar-refractivity contribution in [1.29, 1.82) is 0 Å². The second kappa shape index (κ2) is 2.75.